The van der Waals surface area contributed by atoms with Crippen LogP contribution in [0.1, 0.15) is 24.0 Å². The summed E-state index contributed by atoms with van der Waals surface area (Å²) in [7, 11) is 0. The van der Waals surface area contributed by atoms with Gasteiger partial charge in [-0.1, -0.05) is 60.7 Å². The second kappa shape index (κ2) is 5.70. The van der Waals surface area contributed by atoms with Crippen LogP contribution < -0.4 is 0 Å². The highest BCUT2D eigenvalue weighted by Crippen LogP contribution is 2.40. The Balaban J connectivity index is 1.97. The van der Waals surface area contributed by atoms with E-state index in [0.717, 1.165) is 24.1 Å². The molecule has 1 fully saturated rings. The number of rotatable bonds is 4. The fourth-order valence-electron chi connectivity index (χ4n) is 3.30. The first-order valence-corrected chi connectivity index (χ1v) is 7.31. The highest BCUT2D eigenvalue weighted by atomic mass is 16.4. The summed E-state index contributed by atoms with van der Waals surface area (Å²) in [5.41, 5.74) is 1.14. The molecule has 3 rings (SSSR count). The average Bonchev–Trinajstić information content (AvgIpc) is 2.94. The molecule has 1 heterocycles. The van der Waals surface area contributed by atoms with E-state index in [1.165, 1.54) is 0 Å². The Kier molecular flexibility index (Phi) is 3.76. The molecule has 1 aliphatic rings. The minimum atomic E-state index is -0.892. The summed E-state index contributed by atoms with van der Waals surface area (Å²) in [5, 5.41) is 9.92. The predicted octanol–water partition coefficient (Wildman–Crippen LogP) is 3.26. The van der Waals surface area contributed by atoms with Crippen molar-refractivity contribution in [2.24, 2.45) is 0 Å². The Morgan fingerprint density at radius 3 is 2.29 bits per heavy atom. The zero-order valence-electron chi connectivity index (χ0n) is 11.9. The lowest BCUT2D eigenvalue weighted by atomic mass is 9.87. The van der Waals surface area contributed by atoms with Gasteiger partial charge in [0, 0.05) is 13.1 Å². The molecule has 1 saturated heterocycles. The number of carboxylic acids is 1. The molecule has 2 aromatic carbocycles. The van der Waals surface area contributed by atoms with Gasteiger partial charge < -0.3 is 5.11 Å². The monoisotopic (exact) mass is 281 g/mol. The Morgan fingerprint density at radius 2 is 1.67 bits per heavy atom. The van der Waals surface area contributed by atoms with Crippen molar-refractivity contribution in [2.45, 2.75) is 24.9 Å². The summed E-state index contributed by atoms with van der Waals surface area (Å²) in [6.07, 6.45) is 1.58. The van der Waals surface area contributed by atoms with Crippen molar-refractivity contribution in [1.82, 2.24) is 4.90 Å². The molecular formula is C18H19NO2. The van der Waals surface area contributed by atoms with Crippen LogP contribution in [0.15, 0.2) is 60.7 Å². The smallest absolute Gasteiger partial charge is 0.328 e. The SMILES string of the molecule is O=C(O)[C@@]1(c2ccccc2)CCCN1Cc1ccccc1. The van der Waals surface area contributed by atoms with Crippen LogP contribution >= 0.6 is 0 Å². The highest BCUT2D eigenvalue weighted by Gasteiger charge is 2.48. The Hall–Kier alpha value is -2.13. The molecule has 21 heavy (non-hydrogen) atoms. The lowest BCUT2D eigenvalue weighted by molar-refractivity contribution is -0.150. The number of benzene rings is 2. The van der Waals surface area contributed by atoms with Crippen LogP contribution in [0.5, 0.6) is 0 Å². The van der Waals surface area contributed by atoms with Crippen LogP contribution in [0, 0.1) is 0 Å². The van der Waals surface area contributed by atoms with Crippen molar-refractivity contribution in [3.8, 4) is 0 Å². The molecule has 108 valence electrons. The first-order chi connectivity index (χ1) is 10.2. The Labute approximate surface area is 124 Å². The molecule has 3 heteroatoms. The van der Waals surface area contributed by atoms with E-state index in [4.69, 9.17) is 0 Å². The molecule has 0 unspecified atom stereocenters. The minimum Gasteiger partial charge on any atom is -0.480 e. The van der Waals surface area contributed by atoms with Crippen LogP contribution in [-0.2, 0) is 16.9 Å². The third-order valence-electron chi connectivity index (χ3n) is 4.33. The minimum absolute atomic E-state index is 0.666. The molecular weight excluding hydrogens is 262 g/mol. The highest BCUT2D eigenvalue weighted by molar-refractivity contribution is 5.81. The van der Waals surface area contributed by atoms with Gasteiger partial charge in [0.15, 0.2) is 0 Å². The van der Waals surface area contributed by atoms with Gasteiger partial charge in [0.25, 0.3) is 0 Å². The van der Waals surface area contributed by atoms with Crippen LogP contribution in [0.3, 0.4) is 0 Å². The van der Waals surface area contributed by atoms with Crippen molar-refractivity contribution in [2.75, 3.05) is 6.54 Å². The fourth-order valence-corrected chi connectivity index (χ4v) is 3.30. The van der Waals surface area contributed by atoms with Crippen LogP contribution in [0.25, 0.3) is 0 Å². The maximum Gasteiger partial charge on any atom is 0.328 e. The molecule has 0 radical (unpaired) electrons. The molecule has 0 aromatic heterocycles. The fraction of sp³-hybridized carbons (Fsp3) is 0.278. The van der Waals surface area contributed by atoms with E-state index in [1.54, 1.807) is 0 Å². The van der Waals surface area contributed by atoms with Crippen molar-refractivity contribution < 1.29 is 9.90 Å². The van der Waals surface area contributed by atoms with Crippen LogP contribution in [0.4, 0.5) is 0 Å². The summed E-state index contributed by atoms with van der Waals surface area (Å²) < 4.78 is 0. The van der Waals surface area contributed by atoms with Gasteiger partial charge in [0.05, 0.1) is 0 Å². The zero-order valence-corrected chi connectivity index (χ0v) is 11.9. The number of nitrogens with zero attached hydrogens (tertiary/aromatic N) is 1. The molecule has 1 aliphatic heterocycles. The molecule has 0 saturated carbocycles. The maximum absolute atomic E-state index is 12.1. The largest absolute Gasteiger partial charge is 0.480 e. The topological polar surface area (TPSA) is 40.5 Å². The Bertz CT molecular complexity index is 612. The van der Waals surface area contributed by atoms with E-state index >= 15 is 0 Å². The van der Waals surface area contributed by atoms with Crippen molar-refractivity contribution in [3.05, 3.63) is 71.8 Å². The third-order valence-corrected chi connectivity index (χ3v) is 4.33. The summed E-state index contributed by atoms with van der Waals surface area (Å²) >= 11 is 0. The quantitative estimate of drug-likeness (QED) is 0.935. The zero-order chi connectivity index (χ0) is 14.7. The van der Waals surface area contributed by atoms with E-state index in [0.29, 0.717) is 13.0 Å². The summed E-state index contributed by atoms with van der Waals surface area (Å²) in [6, 6.07) is 19.7. The molecule has 0 spiro atoms. The van der Waals surface area contributed by atoms with Crippen LogP contribution in [0.2, 0.25) is 0 Å². The van der Waals surface area contributed by atoms with Gasteiger partial charge >= 0.3 is 5.97 Å². The molecule has 0 bridgehead atoms. The van der Waals surface area contributed by atoms with Crippen molar-refractivity contribution in [3.63, 3.8) is 0 Å². The normalized spacial score (nSPS) is 22.3. The van der Waals surface area contributed by atoms with Gasteiger partial charge in [-0.2, -0.15) is 0 Å². The second-order valence-corrected chi connectivity index (χ2v) is 5.54. The molecule has 2 aromatic rings. The lowest BCUT2D eigenvalue weighted by Crippen LogP contribution is -2.47. The molecule has 1 atom stereocenters. The number of likely N-dealkylation sites (tertiary alicyclic amines) is 1. The standard InChI is InChI=1S/C18H19NO2/c20-17(21)18(16-10-5-2-6-11-16)12-7-13-19(18)14-15-8-3-1-4-9-15/h1-6,8-11H,7,12-14H2,(H,20,21)/t18-/m0/s1. The lowest BCUT2D eigenvalue weighted by Gasteiger charge is -2.35. The van der Waals surface area contributed by atoms with E-state index in [-0.39, 0.29) is 0 Å². The summed E-state index contributed by atoms with van der Waals surface area (Å²) in [6.45, 7) is 1.48. The van der Waals surface area contributed by atoms with E-state index in [1.807, 2.05) is 48.5 Å². The van der Waals surface area contributed by atoms with Crippen molar-refractivity contribution in [1.29, 1.82) is 0 Å². The first kappa shape index (κ1) is 13.8. The molecule has 0 amide bonds. The molecule has 3 nitrogen and oxygen atoms in total. The van der Waals surface area contributed by atoms with E-state index < -0.39 is 11.5 Å². The number of carbonyl (C=O) groups is 1. The van der Waals surface area contributed by atoms with Crippen molar-refractivity contribution >= 4 is 5.97 Å². The summed E-state index contributed by atoms with van der Waals surface area (Å²) in [5.74, 6) is -0.748. The number of hydrogen-bond acceptors (Lipinski definition) is 2. The second-order valence-electron chi connectivity index (χ2n) is 5.54. The van der Waals surface area contributed by atoms with Crippen LogP contribution in [-0.4, -0.2) is 22.5 Å². The van der Waals surface area contributed by atoms with Gasteiger partial charge in [-0.15, -0.1) is 0 Å². The number of aliphatic carboxylic acids is 1. The molecule has 0 aliphatic carbocycles. The first-order valence-electron chi connectivity index (χ1n) is 7.31. The number of hydrogen-bond donors (Lipinski definition) is 1. The molecule has 1 N–H and O–H groups in total. The average molecular weight is 281 g/mol. The van der Waals surface area contributed by atoms with E-state index in [2.05, 4.69) is 17.0 Å². The van der Waals surface area contributed by atoms with Gasteiger partial charge in [0.2, 0.25) is 0 Å². The van der Waals surface area contributed by atoms with E-state index in [9.17, 15) is 9.90 Å². The maximum atomic E-state index is 12.1. The Morgan fingerprint density at radius 1 is 1.05 bits per heavy atom. The van der Waals surface area contributed by atoms with Gasteiger partial charge in [-0.05, 0) is 24.0 Å². The third kappa shape index (κ3) is 2.45. The van der Waals surface area contributed by atoms with Gasteiger partial charge in [-0.25, -0.2) is 4.79 Å². The predicted molar refractivity (Wildman–Crippen MR) is 81.8 cm³/mol. The van der Waals surface area contributed by atoms with Gasteiger partial charge in [0.1, 0.15) is 5.54 Å². The summed E-state index contributed by atoms with van der Waals surface area (Å²) in [4.78, 5) is 14.2. The number of carboxylic acid groups (broad SMARTS) is 1. The van der Waals surface area contributed by atoms with Gasteiger partial charge in [-0.3, -0.25) is 4.90 Å².